The Balaban J connectivity index is 4.14. The average molecular weight is 173 g/mol. The lowest BCUT2D eigenvalue weighted by Gasteiger charge is -2.09. The van der Waals surface area contributed by atoms with Crippen molar-refractivity contribution >= 4 is 11.8 Å². The van der Waals surface area contributed by atoms with Crippen LogP contribution in [0.25, 0.3) is 0 Å². The fraction of sp³-hybridized carbons (Fsp3) is 0.714. The number of hydrogen-bond acceptors (Lipinski definition) is 3. The molecule has 5 heteroatoms. The van der Waals surface area contributed by atoms with Gasteiger partial charge in [-0.1, -0.05) is 19.8 Å². The van der Waals surface area contributed by atoms with Crippen molar-refractivity contribution in [2.45, 2.75) is 26.2 Å². The molecule has 0 fully saturated rings. The molecule has 1 unspecified atom stereocenters. The number of carboxylic acids is 1. The molecule has 1 atom stereocenters. The van der Waals surface area contributed by atoms with Gasteiger partial charge in [0.25, 0.3) is 0 Å². The number of rotatable bonds is 5. The van der Waals surface area contributed by atoms with Crippen LogP contribution in [0.5, 0.6) is 0 Å². The molecule has 12 heavy (non-hydrogen) atoms. The molecule has 5 nitrogen and oxygen atoms in total. The molecule has 0 radical (unpaired) electrons. The molecule has 0 aliphatic carbocycles. The molecule has 5 N–H and O–H groups in total. The van der Waals surface area contributed by atoms with Crippen LogP contribution in [-0.2, 0) is 4.79 Å². The van der Waals surface area contributed by atoms with Crippen molar-refractivity contribution in [3.8, 4) is 0 Å². The number of nitrogens with zero attached hydrogens (tertiary/aromatic N) is 1. The minimum absolute atomic E-state index is 0.00375. The second-order valence-corrected chi connectivity index (χ2v) is 2.59. The monoisotopic (exact) mass is 173 g/mol. The van der Waals surface area contributed by atoms with Gasteiger partial charge in [-0.2, -0.15) is 5.10 Å². The summed E-state index contributed by atoms with van der Waals surface area (Å²) in [5.41, 5.74) is 5.30. The van der Waals surface area contributed by atoms with Gasteiger partial charge in [-0.3, -0.25) is 4.79 Å². The number of unbranched alkanes of at least 4 members (excludes halogenated alkanes) is 1. The molecule has 70 valence electrons. The third-order valence-corrected chi connectivity index (χ3v) is 1.65. The van der Waals surface area contributed by atoms with Crippen molar-refractivity contribution in [2.24, 2.45) is 22.6 Å². The molecule has 0 saturated heterocycles. The van der Waals surface area contributed by atoms with Gasteiger partial charge in [-0.05, 0) is 6.42 Å². The molecule has 0 aliphatic heterocycles. The first-order valence-corrected chi connectivity index (χ1v) is 3.89. The van der Waals surface area contributed by atoms with E-state index in [1.54, 1.807) is 0 Å². The van der Waals surface area contributed by atoms with E-state index >= 15 is 0 Å². The molecule has 0 bridgehead atoms. The maximum absolute atomic E-state index is 10.6. The maximum Gasteiger partial charge on any atom is 0.314 e. The number of carboxylic acid groups (broad SMARTS) is 1. The highest BCUT2D eigenvalue weighted by Gasteiger charge is 2.20. The van der Waals surface area contributed by atoms with Gasteiger partial charge in [0.1, 0.15) is 11.8 Å². The summed E-state index contributed by atoms with van der Waals surface area (Å²) < 4.78 is 0. The Hall–Kier alpha value is -1.26. The number of amidine groups is 1. The Morgan fingerprint density at radius 1 is 1.67 bits per heavy atom. The first kappa shape index (κ1) is 10.7. The predicted octanol–water partition coefficient (Wildman–Crippen LogP) is 0.108. The summed E-state index contributed by atoms with van der Waals surface area (Å²) in [6, 6.07) is 0. The van der Waals surface area contributed by atoms with Crippen LogP contribution >= 0.6 is 0 Å². The first-order valence-electron chi connectivity index (χ1n) is 3.89. The summed E-state index contributed by atoms with van der Waals surface area (Å²) in [5.74, 6) is 3.19. The van der Waals surface area contributed by atoms with E-state index in [1.807, 2.05) is 6.92 Å². The van der Waals surface area contributed by atoms with Crippen molar-refractivity contribution in [1.29, 1.82) is 0 Å². The Kier molecular flexibility index (Phi) is 4.83. The van der Waals surface area contributed by atoms with Crippen LogP contribution in [0, 0.1) is 5.92 Å². The molecule has 0 rings (SSSR count). The van der Waals surface area contributed by atoms with E-state index in [0.29, 0.717) is 6.42 Å². The summed E-state index contributed by atoms with van der Waals surface area (Å²) in [7, 11) is 0. The van der Waals surface area contributed by atoms with Crippen LogP contribution in [0.4, 0.5) is 0 Å². The smallest absolute Gasteiger partial charge is 0.314 e. The van der Waals surface area contributed by atoms with Crippen LogP contribution in [0.1, 0.15) is 26.2 Å². The van der Waals surface area contributed by atoms with Gasteiger partial charge in [0, 0.05) is 0 Å². The molecule has 0 heterocycles. The fourth-order valence-corrected chi connectivity index (χ4v) is 0.896. The maximum atomic E-state index is 10.6. The SMILES string of the molecule is CCCCC(C(=O)O)C(N)=NN. The van der Waals surface area contributed by atoms with E-state index in [-0.39, 0.29) is 5.84 Å². The molecule has 0 amide bonds. The van der Waals surface area contributed by atoms with Gasteiger partial charge in [0.2, 0.25) is 0 Å². The number of carbonyl (C=O) groups is 1. The van der Waals surface area contributed by atoms with Gasteiger partial charge >= 0.3 is 5.97 Å². The van der Waals surface area contributed by atoms with E-state index in [0.717, 1.165) is 12.8 Å². The first-order chi connectivity index (χ1) is 5.63. The number of hydrogen-bond donors (Lipinski definition) is 3. The van der Waals surface area contributed by atoms with Gasteiger partial charge in [0.15, 0.2) is 0 Å². The van der Waals surface area contributed by atoms with Gasteiger partial charge in [0.05, 0.1) is 0 Å². The predicted molar refractivity (Wildman–Crippen MR) is 46.5 cm³/mol. The molecule has 0 aromatic heterocycles. The summed E-state index contributed by atoms with van der Waals surface area (Å²) >= 11 is 0. The van der Waals surface area contributed by atoms with E-state index in [9.17, 15) is 4.79 Å². The van der Waals surface area contributed by atoms with Crippen LogP contribution < -0.4 is 11.6 Å². The lowest BCUT2D eigenvalue weighted by molar-refractivity contribution is -0.139. The van der Waals surface area contributed by atoms with Gasteiger partial charge < -0.3 is 16.7 Å². The van der Waals surface area contributed by atoms with Crippen molar-refractivity contribution in [3.05, 3.63) is 0 Å². The van der Waals surface area contributed by atoms with Crippen molar-refractivity contribution in [2.75, 3.05) is 0 Å². The van der Waals surface area contributed by atoms with Gasteiger partial charge in [-0.25, -0.2) is 0 Å². The molecular weight excluding hydrogens is 158 g/mol. The normalized spacial score (nSPS) is 14.2. The molecular formula is C7H15N3O2. The highest BCUT2D eigenvalue weighted by atomic mass is 16.4. The number of aliphatic carboxylic acids is 1. The number of hydrazone groups is 1. The minimum atomic E-state index is -0.963. The topological polar surface area (TPSA) is 102 Å². The molecule has 0 aromatic rings. The van der Waals surface area contributed by atoms with Crippen LogP contribution in [0.2, 0.25) is 0 Å². The second kappa shape index (κ2) is 5.40. The third kappa shape index (κ3) is 3.23. The molecule has 0 spiro atoms. The lowest BCUT2D eigenvalue weighted by Crippen LogP contribution is -2.31. The van der Waals surface area contributed by atoms with Gasteiger partial charge in [-0.15, -0.1) is 0 Å². The summed E-state index contributed by atoms with van der Waals surface area (Å²) in [6.07, 6.45) is 2.24. The number of nitrogens with two attached hydrogens (primary N) is 2. The standard InChI is InChI=1S/C7H15N3O2/c1-2-3-4-5(7(11)12)6(8)10-9/h5H,2-4,9H2,1H3,(H2,8,10)(H,11,12). The van der Waals surface area contributed by atoms with Crippen molar-refractivity contribution < 1.29 is 9.90 Å². The highest BCUT2D eigenvalue weighted by molar-refractivity contribution is 5.99. The zero-order chi connectivity index (χ0) is 9.56. The summed E-state index contributed by atoms with van der Waals surface area (Å²) in [5, 5.41) is 11.9. The van der Waals surface area contributed by atoms with Crippen molar-refractivity contribution in [3.63, 3.8) is 0 Å². The quantitative estimate of drug-likeness (QED) is 0.237. The Labute approximate surface area is 71.4 Å². The van der Waals surface area contributed by atoms with Crippen LogP contribution in [-0.4, -0.2) is 16.9 Å². The second-order valence-electron chi connectivity index (χ2n) is 2.59. The fourth-order valence-electron chi connectivity index (χ4n) is 0.896. The third-order valence-electron chi connectivity index (χ3n) is 1.65. The van der Waals surface area contributed by atoms with Crippen LogP contribution in [0.3, 0.4) is 0 Å². The van der Waals surface area contributed by atoms with E-state index in [2.05, 4.69) is 5.10 Å². The zero-order valence-corrected chi connectivity index (χ0v) is 7.16. The largest absolute Gasteiger partial charge is 0.481 e. The molecule has 0 aromatic carbocycles. The van der Waals surface area contributed by atoms with E-state index in [4.69, 9.17) is 16.7 Å². The van der Waals surface area contributed by atoms with Crippen LogP contribution in [0.15, 0.2) is 5.10 Å². The Morgan fingerprint density at radius 2 is 2.25 bits per heavy atom. The van der Waals surface area contributed by atoms with E-state index in [1.165, 1.54) is 0 Å². The molecule has 0 saturated carbocycles. The summed E-state index contributed by atoms with van der Waals surface area (Å²) in [4.78, 5) is 10.6. The summed E-state index contributed by atoms with van der Waals surface area (Å²) in [6.45, 7) is 1.98. The Bertz CT molecular complexity index is 179. The van der Waals surface area contributed by atoms with Crippen molar-refractivity contribution in [1.82, 2.24) is 0 Å². The average Bonchev–Trinajstić information content (AvgIpc) is 2.04. The van der Waals surface area contributed by atoms with E-state index < -0.39 is 11.9 Å². The zero-order valence-electron chi connectivity index (χ0n) is 7.16. The Morgan fingerprint density at radius 3 is 2.58 bits per heavy atom. The highest BCUT2D eigenvalue weighted by Crippen LogP contribution is 2.08. The lowest BCUT2D eigenvalue weighted by atomic mass is 10.0. The minimum Gasteiger partial charge on any atom is -0.481 e. The molecule has 0 aliphatic rings.